The molecule has 2 rings (SSSR count). The molecule has 2 aromatic carbocycles. The molecule has 5 heteroatoms. The van der Waals surface area contributed by atoms with E-state index >= 15 is 0 Å². The number of carbonyl (C=O) groups excluding carboxylic acids is 1. The fraction of sp³-hybridized carbons (Fsp3) is 0.211. The van der Waals surface area contributed by atoms with Crippen LogP contribution in [0.4, 0.5) is 0 Å². The van der Waals surface area contributed by atoms with Crippen LogP contribution in [0.3, 0.4) is 0 Å². The van der Waals surface area contributed by atoms with Crippen molar-refractivity contribution in [3.63, 3.8) is 0 Å². The fourth-order valence-electron chi connectivity index (χ4n) is 2.13. The van der Waals surface area contributed by atoms with Crippen LogP contribution in [0.2, 0.25) is 0 Å². The summed E-state index contributed by atoms with van der Waals surface area (Å²) < 4.78 is 15.6. The normalized spacial score (nSPS) is 10.5. The molecule has 0 fully saturated rings. The van der Waals surface area contributed by atoms with Gasteiger partial charge in [-0.25, -0.2) is 0 Å². The lowest BCUT2D eigenvalue weighted by molar-refractivity contribution is -0.116. The Labute approximate surface area is 141 Å². The molecule has 2 aromatic rings. The third-order valence-corrected chi connectivity index (χ3v) is 3.48. The summed E-state index contributed by atoms with van der Waals surface area (Å²) in [6.45, 7) is 0.447. The van der Waals surface area contributed by atoms with E-state index in [0.29, 0.717) is 18.0 Å². The zero-order chi connectivity index (χ0) is 17.4. The van der Waals surface area contributed by atoms with Crippen LogP contribution in [0, 0.1) is 0 Å². The summed E-state index contributed by atoms with van der Waals surface area (Å²) in [4.78, 5) is 12.0. The number of methoxy groups -OCH3 is 3. The van der Waals surface area contributed by atoms with Gasteiger partial charge >= 0.3 is 0 Å². The SMILES string of the molecule is COc1ccc(CNC(=O)/C=C/c2cc(OC)ccc2OC)cc1. The maximum absolute atomic E-state index is 12.0. The molecule has 0 spiro atoms. The molecule has 0 aliphatic carbocycles. The second-order valence-electron chi connectivity index (χ2n) is 5.01. The molecule has 0 aliphatic heterocycles. The zero-order valence-electron chi connectivity index (χ0n) is 14.0. The van der Waals surface area contributed by atoms with Gasteiger partial charge in [-0.2, -0.15) is 0 Å². The number of amides is 1. The Morgan fingerprint density at radius 1 is 0.958 bits per heavy atom. The Bertz CT molecular complexity index is 708. The maximum atomic E-state index is 12.0. The summed E-state index contributed by atoms with van der Waals surface area (Å²) in [7, 11) is 4.80. The van der Waals surface area contributed by atoms with E-state index in [1.165, 1.54) is 6.08 Å². The first-order valence-corrected chi connectivity index (χ1v) is 7.47. The highest BCUT2D eigenvalue weighted by molar-refractivity contribution is 5.92. The molecular formula is C19H21NO4. The lowest BCUT2D eigenvalue weighted by Gasteiger charge is -2.07. The van der Waals surface area contributed by atoms with E-state index in [2.05, 4.69) is 5.32 Å². The fourth-order valence-corrected chi connectivity index (χ4v) is 2.13. The van der Waals surface area contributed by atoms with Crippen molar-refractivity contribution in [2.75, 3.05) is 21.3 Å². The van der Waals surface area contributed by atoms with Crippen LogP contribution >= 0.6 is 0 Å². The minimum atomic E-state index is -0.185. The van der Waals surface area contributed by atoms with E-state index in [0.717, 1.165) is 16.9 Å². The van der Waals surface area contributed by atoms with Crippen molar-refractivity contribution >= 4 is 12.0 Å². The van der Waals surface area contributed by atoms with Gasteiger partial charge in [-0.05, 0) is 42.0 Å². The highest BCUT2D eigenvalue weighted by atomic mass is 16.5. The lowest BCUT2D eigenvalue weighted by atomic mass is 10.1. The van der Waals surface area contributed by atoms with E-state index in [1.54, 1.807) is 39.5 Å². The van der Waals surface area contributed by atoms with E-state index in [1.807, 2.05) is 30.3 Å². The maximum Gasteiger partial charge on any atom is 0.244 e. The third-order valence-electron chi connectivity index (χ3n) is 3.48. The summed E-state index contributed by atoms with van der Waals surface area (Å²) in [6.07, 6.45) is 3.17. The Kier molecular flexibility index (Phi) is 6.25. The van der Waals surface area contributed by atoms with Gasteiger partial charge in [0.15, 0.2) is 0 Å². The smallest absolute Gasteiger partial charge is 0.244 e. The molecule has 24 heavy (non-hydrogen) atoms. The van der Waals surface area contributed by atoms with Crippen LogP contribution in [0.1, 0.15) is 11.1 Å². The number of rotatable bonds is 7. The molecule has 0 bridgehead atoms. The average molecular weight is 327 g/mol. The minimum absolute atomic E-state index is 0.185. The Balaban J connectivity index is 1.97. The number of nitrogens with one attached hydrogen (secondary N) is 1. The number of ether oxygens (including phenoxy) is 3. The topological polar surface area (TPSA) is 56.8 Å². The first-order chi connectivity index (χ1) is 11.7. The Morgan fingerprint density at radius 3 is 2.25 bits per heavy atom. The van der Waals surface area contributed by atoms with Crippen LogP contribution < -0.4 is 19.5 Å². The van der Waals surface area contributed by atoms with Gasteiger partial charge in [0.1, 0.15) is 17.2 Å². The van der Waals surface area contributed by atoms with Crippen LogP contribution in [0.5, 0.6) is 17.2 Å². The molecular weight excluding hydrogens is 306 g/mol. The molecule has 1 N–H and O–H groups in total. The van der Waals surface area contributed by atoms with E-state index in [-0.39, 0.29) is 5.91 Å². The quantitative estimate of drug-likeness (QED) is 0.794. The van der Waals surface area contributed by atoms with Crippen molar-refractivity contribution in [1.82, 2.24) is 5.32 Å². The molecule has 0 unspecified atom stereocenters. The van der Waals surface area contributed by atoms with Crippen molar-refractivity contribution in [3.8, 4) is 17.2 Å². The van der Waals surface area contributed by atoms with Crippen molar-refractivity contribution in [2.24, 2.45) is 0 Å². The monoisotopic (exact) mass is 327 g/mol. The number of hydrogen-bond acceptors (Lipinski definition) is 4. The van der Waals surface area contributed by atoms with Gasteiger partial charge in [0.2, 0.25) is 5.91 Å². The minimum Gasteiger partial charge on any atom is -0.497 e. The van der Waals surface area contributed by atoms with Gasteiger partial charge in [-0.15, -0.1) is 0 Å². The van der Waals surface area contributed by atoms with Crippen LogP contribution in [0.15, 0.2) is 48.5 Å². The van der Waals surface area contributed by atoms with Crippen LogP contribution in [0.25, 0.3) is 6.08 Å². The van der Waals surface area contributed by atoms with E-state index < -0.39 is 0 Å². The first kappa shape index (κ1) is 17.4. The van der Waals surface area contributed by atoms with E-state index in [4.69, 9.17) is 14.2 Å². The lowest BCUT2D eigenvalue weighted by Crippen LogP contribution is -2.20. The molecule has 0 saturated heterocycles. The van der Waals surface area contributed by atoms with Gasteiger partial charge < -0.3 is 19.5 Å². The largest absolute Gasteiger partial charge is 0.497 e. The summed E-state index contributed by atoms with van der Waals surface area (Å²) in [5, 5.41) is 2.83. The molecule has 1 amide bonds. The average Bonchev–Trinajstić information content (AvgIpc) is 2.64. The van der Waals surface area contributed by atoms with Crippen molar-refractivity contribution in [1.29, 1.82) is 0 Å². The number of benzene rings is 2. The summed E-state index contributed by atoms with van der Waals surface area (Å²) >= 11 is 0. The summed E-state index contributed by atoms with van der Waals surface area (Å²) in [5.41, 5.74) is 1.77. The predicted octanol–water partition coefficient (Wildman–Crippen LogP) is 3.04. The highest BCUT2D eigenvalue weighted by Gasteiger charge is 2.03. The second kappa shape index (κ2) is 8.62. The van der Waals surface area contributed by atoms with Gasteiger partial charge in [0.25, 0.3) is 0 Å². The van der Waals surface area contributed by atoms with E-state index in [9.17, 15) is 4.79 Å². The molecule has 0 saturated carbocycles. The molecule has 0 heterocycles. The molecule has 0 atom stereocenters. The van der Waals surface area contributed by atoms with Gasteiger partial charge in [0, 0.05) is 18.2 Å². The third kappa shape index (κ3) is 4.78. The van der Waals surface area contributed by atoms with Crippen molar-refractivity contribution < 1.29 is 19.0 Å². The molecule has 5 nitrogen and oxygen atoms in total. The van der Waals surface area contributed by atoms with Crippen molar-refractivity contribution in [3.05, 3.63) is 59.7 Å². The first-order valence-electron chi connectivity index (χ1n) is 7.47. The van der Waals surface area contributed by atoms with Gasteiger partial charge in [0.05, 0.1) is 21.3 Å². The zero-order valence-corrected chi connectivity index (χ0v) is 14.0. The second-order valence-corrected chi connectivity index (χ2v) is 5.01. The van der Waals surface area contributed by atoms with Crippen molar-refractivity contribution in [2.45, 2.75) is 6.54 Å². The standard InChI is InChI=1S/C19H21NO4/c1-22-16-7-4-14(5-8-16)13-20-19(21)11-6-15-12-17(23-2)9-10-18(15)24-3/h4-12H,13H2,1-3H3,(H,20,21)/b11-6+. The molecule has 0 aromatic heterocycles. The Morgan fingerprint density at radius 2 is 1.62 bits per heavy atom. The van der Waals surface area contributed by atoms with Crippen LogP contribution in [-0.4, -0.2) is 27.2 Å². The highest BCUT2D eigenvalue weighted by Crippen LogP contribution is 2.25. The summed E-state index contributed by atoms with van der Waals surface area (Å²) in [6, 6.07) is 13.0. The predicted molar refractivity (Wildman–Crippen MR) is 93.4 cm³/mol. The Hall–Kier alpha value is -2.95. The number of hydrogen-bond donors (Lipinski definition) is 1. The van der Waals surface area contributed by atoms with Gasteiger partial charge in [-0.3, -0.25) is 4.79 Å². The molecule has 0 aliphatic rings. The number of carbonyl (C=O) groups is 1. The molecule has 0 radical (unpaired) electrons. The van der Waals surface area contributed by atoms with Crippen LogP contribution in [-0.2, 0) is 11.3 Å². The van der Waals surface area contributed by atoms with Gasteiger partial charge in [-0.1, -0.05) is 12.1 Å². The summed E-state index contributed by atoms with van der Waals surface area (Å²) in [5.74, 6) is 1.98. The molecule has 126 valence electrons.